The van der Waals surface area contributed by atoms with Crippen LogP contribution in [0.15, 0.2) is 0 Å². The van der Waals surface area contributed by atoms with Crippen LogP contribution in [0.1, 0.15) is 38.5 Å². The summed E-state index contributed by atoms with van der Waals surface area (Å²) in [5.41, 5.74) is 2.95. The third-order valence-corrected chi connectivity index (χ3v) is 5.72. The van der Waals surface area contributed by atoms with Crippen LogP contribution in [0.2, 0.25) is 0 Å². The molecule has 0 spiro atoms. The van der Waals surface area contributed by atoms with Crippen LogP contribution in [0.25, 0.3) is 0 Å². The smallest absolute Gasteiger partial charge is 0.323 e. The standard InChI is InChI=1S/C14H20N2O3/c17-12-6-11(14(18)19)15-16(12)13-9-2-7-1-8(4-9)5-10(13)3-7/h7-11,13,15H,1-6H2,(H,18,19). The molecule has 1 atom stereocenters. The number of carboxylic acid groups (broad SMARTS) is 1. The summed E-state index contributed by atoms with van der Waals surface area (Å²) >= 11 is 0. The highest BCUT2D eigenvalue weighted by atomic mass is 16.4. The number of carboxylic acids is 1. The third kappa shape index (κ3) is 1.71. The zero-order valence-electron chi connectivity index (χ0n) is 10.9. The van der Waals surface area contributed by atoms with Crippen molar-refractivity contribution in [3.63, 3.8) is 0 Å². The summed E-state index contributed by atoms with van der Waals surface area (Å²) in [6.07, 6.45) is 6.44. The van der Waals surface area contributed by atoms with Crippen molar-refractivity contribution in [3.8, 4) is 0 Å². The van der Waals surface area contributed by atoms with Gasteiger partial charge in [-0.25, -0.2) is 5.43 Å². The lowest BCUT2D eigenvalue weighted by Gasteiger charge is -2.56. The number of hydrogen-bond acceptors (Lipinski definition) is 3. The summed E-state index contributed by atoms with van der Waals surface area (Å²) < 4.78 is 0. The van der Waals surface area contributed by atoms with Crippen molar-refractivity contribution in [1.29, 1.82) is 0 Å². The first-order valence-corrected chi connectivity index (χ1v) is 7.43. The van der Waals surface area contributed by atoms with E-state index in [-0.39, 0.29) is 18.4 Å². The van der Waals surface area contributed by atoms with Crippen LogP contribution in [0.3, 0.4) is 0 Å². The summed E-state index contributed by atoms with van der Waals surface area (Å²) in [5, 5.41) is 10.8. The number of hydrogen-bond donors (Lipinski definition) is 2. The third-order valence-electron chi connectivity index (χ3n) is 5.72. The number of nitrogens with one attached hydrogen (secondary N) is 1. The van der Waals surface area contributed by atoms with Gasteiger partial charge in [-0.15, -0.1) is 0 Å². The van der Waals surface area contributed by atoms with Crippen molar-refractivity contribution in [2.75, 3.05) is 0 Å². The second-order valence-electron chi connectivity index (χ2n) is 6.91. The molecule has 0 radical (unpaired) electrons. The second-order valence-corrected chi connectivity index (χ2v) is 6.91. The van der Waals surface area contributed by atoms with E-state index in [9.17, 15) is 9.59 Å². The molecule has 1 amide bonds. The van der Waals surface area contributed by atoms with Gasteiger partial charge in [0.2, 0.25) is 5.91 Å². The molecule has 1 aliphatic heterocycles. The molecule has 5 fully saturated rings. The predicted octanol–water partition coefficient (Wildman–Crippen LogP) is 1.00. The van der Waals surface area contributed by atoms with E-state index in [1.807, 2.05) is 0 Å². The topological polar surface area (TPSA) is 69.6 Å². The van der Waals surface area contributed by atoms with Crippen LogP contribution in [0.4, 0.5) is 0 Å². The van der Waals surface area contributed by atoms with Gasteiger partial charge < -0.3 is 5.11 Å². The average molecular weight is 264 g/mol. The Morgan fingerprint density at radius 3 is 2.16 bits per heavy atom. The van der Waals surface area contributed by atoms with E-state index in [4.69, 9.17) is 5.11 Å². The monoisotopic (exact) mass is 264 g/mol. The number of rotatable bonds is 2. The molecule has 104 valence electrons. The zero-order valence-corrected chi connectivity index (χ0v) is 10.9. The summed E-state index contributed by atoms with van der Waals surface area (Å²) in [5.74, 6) is 1.99. The van der Waals surface area contributed by atoms with E-state index in [2.05, 4.69) is 5.43 Å². The van der Waals surface area contributed by atoms with Crippen molar-refractivity contribution >= 4 is 11.9 Å². The Morgan fingerprint density at radius 1 is 1.11 bits per heavy atom. The molecule has 1 unspecified atom stereocenters. The summed E-state index contributed by atoms with van der Waals surface area (Å²) in [7, 11) is 0. The zero-order chi connectivity index (χ0) is 13.1. The van der Waals surface area contributed by atoms with Gasteiger partial charge in [0.05, 0.1) is 12.5 Å². The van der Waals surface area contributed by atoms with Gasteiger partial charge in [-0.2, -0.15) is 0 Å². The molecule has 4 aliphatic carbocycles. The highest BCUT2D eigenvalue weighted by molar-refractivity contribution is 5.87. The predicted molar refractivity (Wildman–Crippen MR) is 66.9 cm³/mol. The minimum Gasteiger partial charge on any atom is -0.480 e. The van der Waals surface area contributed by atoms with E-state index < -0.39 is 12.0 Å². The van der Waals surface area contributed by atoms with Crippen molar-refractivity contribution in [1.82, 2.24) is 10.4 Å². The highest BCUT2D eigenvalue weighted by Crippen LogP contribution is 2.55. The molecule has 2 N–H and O–H groups in total. The Labute approximate surface area is 112 Å². The SMILES string of the molecule is O=C(O)C1CC(=O)N(C2C3CC4CC(C3)CC2C4)N1. The van der Waals surface area contributed by atoms with E-state index in [1.165, 1.54) is 32.1 Å². The maximum atomic E-state index is 12.1. The molecule has 19 heavy (non-hydrogen) atoms. The Morgan fingerprint density at radius 2 is 1.68 bits per heavy atom. The summed E-state index contributed by atoms with van der Waals surface area (Å²) in [6, 6.07) is -0.464. The van der Waals surface area contributed by atoms with Crippen molar-refractivity contribution < 1.29 is 14.7 Å². The van der Waals surface area contributed by atoms with Crippen LogP contribution in [-0.4, -0.2) is 34.1 Å². The number of nitrogens with zero attached hydrogens (tertiary/aromatic N) is 1. The number of hydrazine groups is 1. The van der Waals surface area contributed by atoms with E-state index in [1.54, 1.807) is 5.01 Å². The molecule has 4 bridgehead atoms. The molecule has 1 heterocycles. The van der Waals surface area contributed by atoms with E-state index >= 15 is 0 Å². The quantitative estimate of drug-likeness (QED) is 0.780. The molecule has 5 nitrogen and oxygen atoms in total. The van der Waals surface area contributed by atoms with Crippen LogP contribution in [0.5, 0.6) is 0 Å². The summed E-state index contributed by atoms with van der Waals surface area (Å²) in [6.45, 7) is 0. The Kier molecular flexibility index (Phi) is 2.43. The first-order valence-electron chi connectivity index (χ1n) is 7.43. The highest BCUT2D eigenvalue weighted by Gasteiger charge is 2.53. The van der Waals surface area contributed by atoms with Crippen LogP contribution in [-0.2, 0) is 9.59 Å². The van der Waals surface area contributed by atoms with Gasteiger partial charge in [0.1, 0.15) is 6.04 Å². The number of amides is 1. The minimum absolute atomic E-state index is 0.0233. The van der Waals surface area contributed by atoms with E-state index in [0.717, 1.165) is 11.8 Å². The van der Waals surface area contributed by atoms with Crippen LogP contribution < -0.4 is 5.43 Å². The number of carbonyl (C=O) groups is 2. The van der Waals surface area contributed by atoms with Gasteiger partial charge in [-0.1, -0.05) is 0 Å². The maximum Gasteiger partial charge on any atom is 0.323 e. The molecule has 0 aromatic carbocycles. The first-order chi connectivity index (χ1) is 9.11. The van der Waals surface area contributed by atoms with Gasteiger partial charge in [0, 0.05) is 0 Å². The molecule has 0 aromatic rings. The number of aliphatic carboxylic acids is 1. The van der Waals surface area contributed by atoms with Gasteiger partial charge >= 0.3 is 5.97 Å². The molecular formula is C14H20N2O3. The molecule has 1 saturated heterocycles. The first kappa shape index (κ1) is 11.7. The Bertz CT molecular complexity index is 408. The molecule has 4 saturated carbocycles. The van der Waals surface area contributed by atoms with Gasteiger partial charge in [-0.05, 0) is 55.8 Å². The fourth-order valence-electron chi connectivity index (χ4n) is 5.27. The van der Waals surface area contributed by atoms with Crippen molar-refractivity contribution in [2.24, 2.45) is 23.7 Å². The van der Waals surface area contributed by atoms with E-state index in [0.29, 0.717) is 11.8 Å². The molecule has 5 aliphatic rings. The molecule has 5 rings (SSSR count). The van der Waals surface area contributed by atoms with Crippen LogP contribution in [0, 0.1) is 23.7 Å². The fraction of sp³-hybridized carbons (Fsp3) is 0.857. The minimum atomic E-state index is -0.917. The normalized spacial score (nSPS) is 48.0. The number of carbonyl (C=O) groups excluding carboxylic acids is 1. The van der Waals surface area contributed by atoms with Crippen molar-refractivity contribution in [3.05, 3.63) is 0 Å². The van der Waals surface area contributed by atoms with Gasteiger partial charge in [-0.3, -0.25) is 14.6 Å². The summed E-state index contributed by atoms with van der Waals surface area (Å²) in [4.78, 5) is 23.2. The lowest BCUT2D eigenvalue weighted by molar-refractivity contribution is -0.144. The largest absolute Gasteiger partial charge is 0.480 e. The van der Waals surface area contributed by atoms with Gasteiger partial charge in [0.15, 0.2) is 0 Å². The fourth-order valence-corrected chi connectivity index (χ4v) is 5.27. The second kappa shape index (κ2) is 3.95. The lowest BCUT2D eigenvalue weighted by Crippen LogP contribution is -2.59. The Hall–Kier alpha value is -1.10. The van der Waals surface area contributed by atoms with Gasteiger partial charge in [0.25, 0.3) is 0 Å². The maximum absolute atomic E-state index is 12.1. The van der Waals surface area contributed by atoms with Crippen LogP contribution >= 0.6 is 0 Å². The molecular weight excluding hydrogens is 244 g/mol. The average Bonchev–Trinajstić information content (AvgIpc) is 2.70. The molecule has 5 heteroatoms. The molecule has 0 aromatic heterocycles. The lowest BCUT2D eigenvalue weighted by atomic mass is 9.54. The van der Waals surface area contributed by atoms with Crippen molar-refractivity contribution in [2.45, 2.75) is 50.6 Å². The Balaban J connectivity index is 1.56.